The minimum atomic E-state index is -0.347. The van der Waals surface area contributed by atoms with Crippen LogP contribution in [0.2, 0.25) is 0 Å². The zero-order valence-corrected chi connectivity index (χ0v) is 16.5. The zero-order chi connectivity index (χ0) is 20.2. The molecule has 0 radical (unpaired) electrons. The Hall–Kier alpha value is -3.20. The van der Waals surface area contributed by atoms with Gasteiger partial charge in [-0.3, -0.25) is 14.4 Å². The minimum absolute atomic E-state index is 0.0163. The van der Waals surface area contributed by atoms with E-state index in [-0.39, 0.29) is 11.9 Å². The van der Waals surface area contributed by atoms with Gasteiger partial charge >= 0.3 is 0 Å². The van der Waals surface area contributed by atoms with Crippen LogP contribution in [0.1, 0.15) is 22.8 Å². The standard InChI is InChI=1S/C20H24N6O3/c1-14-23-19(29-24-14)11-17-20(27)21-7-9-25(17)12-15-4-5-18(28-2)16(10-15)13-26-8-3-6-22-26/h3-6,8,10,17H,7,9,11-13H2,1-2H3,(H,21,27). The smallest absolute Gasteiger partial charge is 0.237 e. The molecule has 1 unspecified atom stereocenters. The number of rotatable bonds is 7. The summed E-state index contributed by atoms with van der Waals surface area (Å²) < 4.78 is 12.6. The number of nitrogens with one attached hydrogen (secondary N) is 1. The minimum Gasteiger partial charge on any atom is -0.496 e. The topological polar surface area (TPSA) is 98.3 Å². The first kappa shape index (κ1) is 19.1. The van der Waals surface area contributed by atoms with Crippen molar-refractivity contribution in [3.63, 3.8) is 0 Å². The lowest BCUT2D eigenvalue weighted by Crippen LogP contribution is -2.55. The highest BCUT2D eigenvalue weighted by Gasteiger charge is 2.31. The summed E-state index contributed by atoms with van der Waals surface area (Å²) in [6.45, 7) is 4.40. The van der Waals surface area contributed by atoms with Gasteiger partial charge in [0.05, 0.1) is 26.1 Å². The molecule has 0 bridgehead atoms. The molecular weight excluding hydrogens is 372 g/mol. The second kappa shape index (κ2) is 8.44. The average molecular weight is 396 g/mol. The Bertz CT molecular complexity index is 969. The Labute approximate surface area is 168 Å². The van der Waals surface area contributed by atoms with Gasteiger partial charge in [-0.25, -0.2) is 0 Å². The fourth-order valence-electron chi connectivity index (χ4n) is 3.62. The number of hydrogen-bond donors (Lipinski definition) is 1. The molecule has 0 aliphatic carbocycles. The van der Waals surface area contributed by atoms with Crippen LogP contribution in [0.3, 0.4) is 0 Å². The molecule has 1 aliphatic heterocycles. The number of benzene rings is 1. The van der Waals surface area contributed by atoms with Gasteiger partial charge in [0, 0.05) is 37.6 Å². The number of piperazine rings is 1. The predicted molar refractivity (Wildman–Crippen MR) is 104 cm³/mol. The van der Waals surface area contributed by atoms with Gasteiger partial charge in [-0.15, -0.1) is 0 Å². The van der Waals surface area contributed by atoms with Crippen LogP contribution >= 0.6 is 0 Å². The Morgan fingerprint density at radius 2 is 2.24 bits per heavy atom. The Kier molecular flexibility index (Phi) is 5.57. The van der Waals surface area contributed by atoms with Gasteiger partial charge in [0.15, 0.2) is 5.82 Å². The largest absolute Gasteiger partial charge is 0.496 e. The van der Waals surface area contributed by atoms with Gasteiger partial charge < -0.3 is 14.6 Å². The summed E-state index contributed by atoms with van der Waals surface area (Å²) in [5.74, 6) is 1.85. The average Bonchev–Trinajstić information content (AvgIpc) is 3.36. The van der Waals surface area contributed by atoms with Crippen molar-refractivity contribution in [1.82, 2.24) is 30.1 Å². The van der Waals surface area contributed by atoms with Crippen molar-refractivity contribution >= 4 is 5.91 Å². The predicted octanol–water partition coefficient (Wildman–Crippen LogP) is 1.17. The van der Waals surface area contributed by atoms with Gasteiger partial charge in [0.1, 0.15) is 5.75 Å². The van der Waals surface area contributed by atoms with Crippen LogP contribution in [0.5, 0.6) is 5.75 Å². The van der Waals surface area contributed by atoms with Gasteiger partial charge in [-0.2, -0.15) is 10.1 Å². The zero-order valence-electron chi connectivity index (χ0n) is 16.5. The lowest BCUT2D eigenvalue weighted by molar-refractivity contribution is -0.129. The Balaban J connectivity index is 1.53. The number of nitrogens with zero attached hydrogens (tertiary/aromatic N) is 5. The maximum atomic E-state index is 12.5. The number of aromatic nitrogens is 4. The van der Waals surface area contributed by atoms with Crippen LogP contribution in [0.15, 0.2) is 41.2 Å². The van der Waals surface area contributed by atoms with Crippen LogP contribution in [0.4, 0.5) is 0 Å². The molecule has 0 spiro atoms. The van der Waals surface area contributed by atoms with Crippen LogP contribution in [-0.4, -0.2) is 57.0 Å². The maximum absolute atomic E-state index is 12.5. The molecule has 1 N–H and O–H groups in total. The molecule has 3 heterocycles. The third kappa shape index (κ3) is 4.45. The van der Waals surface area contributed by atoms with E-state index in [0.29, 0.717) is 37.8 Å². The number of amides is 1. The summed E-state index contributed by atoms with van der Waals surface area (Å²) in [5.41, 5.74) is 2.15. The molecule has 1 aromatic carbocycles. The number of carbonyl (C=O) groups is 1. The lowest BCUT2D eigenvalue weighted by atomic mass is 10.0. The molecule has 4 rings (SSSR count). The van der Waals surface area contributed by atoms with E-state index in [1.54, 1.807) is 20.2 Å². The number of carbonyl (C=O) groups excluding carboxylic acids is 1. The van der Waals surface area contributed by atoms with Crippen LogP contribution in [0.25, 0.3) is 0 Å². The van der Waals surface area contributed by atoms with Gasteiger partial charge in [-0.05, 0) is 30.7 Å². The highest BCUT2D eigenvalue weighted by molar-refractivity contribution is 5.82. The maximum Gasteiger partial charge on any atom is 0.237 e. The Morgan fingerprint density at radius 1 is 1.34 bits per heavy atom. The van der Waals surface area contributed by atoms with Crippen molar-refractivity contribution in [2.24, 2.45) is 0 Å². The van der Waals surface area contributed by atoms with Crippen molar-refractivity contribution in [3.8, 4) is 5.75 Å². The SMILES string of the molecule is COc1ccc(CN2CCNC(=O)C2Cc2nc(C)no2)cc1Cn1cccn1. The van der Waals surface area contributed by atoms with Crippen LogP contribution < -0.4 is 10.1 Å². The third-order valence-electron chi connectivity index (χ3n) is 5.00. The fraction of sp³-hybridized carbons (Fsp3) is 0.400. The first-order valence-corrected chi connectivity index (χ1v) is 9.56. The fourth-order valence-corrected chi connectivity index (χ4v) is 3.62. The van der Waals surface area contributed by atoms with E-state index < -0.39 is 0 Å². The van der Waals surface area contributed by atoms with Gasteiger partial charge in [-0.1, -0.05) is 11.2 Å². The Morgan fingerprint density at radius 3 is 2.97 bits per heavy atom. The summed E-state index contributed by atoms with van der Waals surface area (Å²) in [6.07, 6.45) is 4.07. The van der Waals surface area contributed by atoms with E-state index in [0.717, 1.165) is 23.4 Å². The summed E-state index contributed by atoms with van der Waals surface area (Å²) in [4.78, 5) is 18.9. The second-order valence-corrected chi connectivity index (χ2v) is 7.07. The molecule has 9 nitrogen and oxygen atoms in total. The molecule has 1 fully saturated rings. The van der Waals surface area contributed by atoms with Crippen molar-refractivity contribution in [1.29, 1.82) is 0 Å². The molecule has 1 amide bonds. The summed E-state index contributed by atoms with van der Waals surface area (Å²) in [6, 6.07) is 7.66. The molecule has 1 saturated heterocycles. The summed E-state index contributed by atoms with van der Waals surface area (Å²) in [5, 5.41) is 11.0. The van der Waals surface area contributed by atoms with Gasteiger partial charge in [0.2, 0.25) is 11.8 Å². The van der Waals surface area contributed by atoms with Crippen molar-refractivity contribution < 1.29 is 14.1 Å². The highest BCUT2D eigenvalue weighted by Crippen LogP contribution is 2.23. The van der Waals surface area contributed by atoms with Crippen LogP contribution in [0, 0.1) is 6.92 Å². The third-order valence-corrected chi connectivity index (χ3v) is 5.00. The quantitative estimate of drug-likeness (QED) is 0.640. The molecule has 2 aromatic heterocycles. The van der Waals surface area contributed by atoms with Crippen LogP contribution in [-0.2, 0) is 24.3 Å². The molecule has 1 aliphatic rings. The molecule has 9 heteroatoms. The van der Waals surface area contributed by atoms with E-state index >= 15 is 0 Å². The van der Waals surface area contributed by atoms with Crippen molar-refractivity contribution in [3.05, 3.63) is 59.5 Å². The van der Waals surface area contributed by atoms with E-state index in [1.165, 1.54) is 0 Å². The molecule has 29 heavy (non-hydrogen) atoms. The number of ether oxygens (including phenoxy) is 1. The van der Waals surface area contributed by atoms with Crippen molar-refractivity contribution in [2.45, 2.75) is 32.5 Å². The molecular formula is C20H24N6O3. The summed E-state index contributed by atoms with van der Waals surface area (Å²) >= 11 is 0. The molecule has 0 saturated carbocycles. The first-order chi connectivity index (χ1) is 14.1. The van der Waals surface area contributed by atoms with E-state index in [1.807, 2.05) is 29.1 Å². The number of hydrogen-bond acceptors (Lipinski definition) is 7. The number of methoxy groups -OCH3 is 1. The normalized spacial score (nSPS) is 17.3. The van der Waals surface area contributed by atoms with E-state index in [9.17, 15) is 4.79 Å². The lowest BCUT2D eigenvalue weighted by Gasteiger charge is -2.34. The number of aryl methyl sites for hydroxylation is 1. The molecule has 1 atom stereocenters. The van der Waals surface area contributed by atoms with Crippen molar-refractivity contribution in [2.75, 3.05) is 20.2 Å². The van der Waals surface area contributed by atoms with E-state index in [2.05, 4.69) is 31.5 Å². The molecule has 152 valence electrons. The monoisotopic (exact) mass is 396 g/mol. The summed E-state index contributed by atoms with van der Waals surface area (Å²) in [7, 11) is 1.67. The molecule has 3 aromatic rings. The van der Waals surface area contributed by atoms with E-state index in [4.69, 9.17) is 9.26 Å². The van der Waals surface area contributed by atoms with Gasteiger partial charge in [0.25, 0.3) is 0 Å². The second-order valence-electron chi connectivity index (χ2n) is 7.07. The highest BCUT2D eigenvalue weighted by atomic mass is 16.5. The first-order valence-electron chi connectivity index (χ1n) is 9.56.